The molecule has 3 rings (SSSR count). The highest BCUT2D eigenvalue weighted by Crippen LogP contribution is 2.28. The Morgan fingerprint density at radius 3 is 2.76 bits per heavy atom. The molecule has 0 saturated carbocycles. The first-order valence-electron chi connectivity index (χ1n) is 8.26. The van der Waals surface area contributed by atoms with Gasteiger partial charge in [-0.1, -0.05) is 0 Å². The van der Waals surface area contributed by atoms with E-state index >= 15 is 0 Å². The number of anilines is 1. The molecule has 0 aromatic heterocycles. The van der Waals surface area contributed by atoms with Crippen molar-refractivity contribution in [1.29, 1.82) is 0 Å². The summed E-state index contributed by atoms with van der Waals surface area (Å²) >= 11 is 0. The summed E-state index contributed by atoms with van der Waals surface area (Å²) in [6, 6.07) is 3.84. The molecule has 1 unspecified atom stereocenters. The van der Waals surface area contributed by atoms with Crippen LogP contribution in [0.3, 0.4) is 0 Å². The fourth-order valence-corrected chi connectivity index (χ4v) is 2.91. The average Bonchev–Trinajstić information content (AvgIpc) is 3.26. The largest absolute Gasteiger partial charge is 0.489 e. The molecular weight excluding hydrogens is 333 g/mol. The van der Waals surface area contributed by atoms with E-state index in [1.165, 1.54) is 12.1 Å². The summed E-state index contributed by atoms with van der Waals surface area (Å²) in [6.45, 7) is 1.01. The maximum Gasteiger partial charge on any atom is 0.332 e. The third-order valence-corrected chi connectivity index (χ3v) is 4.24. The van der Waals surface area contributed by atoms with Crippen LogP contribution in [0, 0.1) is 5.82 Å². The fourth-order valence-electron chi connectivity index (χ4n) is 2.91. The number of hydrogen-bond acceptors (Lipinski definition) is 5. The van der Waals surface area contributed by atoms with Gasteiger partial charge in [0.15, 0.2) is 6.10 Å². The summed E-state index contributed by atoms with van der Waals surface area (Å²) in [7, 11) is 0. The highest BCUT2D eigenvalue weighted by molar-refractivity contribution is 5.96. The Morgan fingerprint density at radius 2 is 2.08 bits per heavy atom. The van der Waals surface area contributed by atoms with Crippen molar-refractivity contribution in [3.05, 3.63) is 24.0 Å². The molecule has 2 saturated heterocycles. The number of carbonyl (C=O) groups excluding carboxylic acids is 1. The summed E-state index contributed by atoms with van der Waals surface area (Å²) in [4.78, 5) is 23.2. The SMILES string of the molecule is O=C(Nc1cc(F)ccc1OCC1CCCO1)[C@@H]1CC[C@H](C(=O)O)O1. The Morgan fingerprint density at radius 1 is 1.28 bits per heavy atom. The maximum absolute atomic E-state index is 13.5. The molecule has 0 aliphatic carbocycles. The van der Waals surface area contributed by atoms with Gasteiger partial charge >= 0.3 is 5.97 Å². The quantitative estimate of drug-likeness (QED) is 0.812. The summed E-state index contributed by atoms with van der Waals surface area (Å²) in [5.41, 5.74) is 0.186. The van der Waals surface area contributed by atoms with E-state index in [0.29, 0.717) is 25.4 Å². The van der Waals surface area contributed by atoms with Crippen LogP contribution in [-0.4, -0.2) is 48.5 Å². The first-order chi connectivity index (χ1) is 12.0. The van der Waals surface area contributed by atoms with Gasteiger partial charge in [-0.2, -0.15) is 0 Å². The average molecular weight is 353 g/mol. The molecule has 0 bridgehead atoms. The molecular formula is C17H20FNO6. The molecule has 8 heteroatoms. The molecule has 1 amide bonds. The van der Waals surface area contributed by atoms with Gasteiger partial charge in [0.25, 0.3) is 5.91 Å². The molecule has 2 aliphatic heterocycles. The number of carbonyl (C=O) groups is 2. The van der Waals surface area contributed by atoms with Crippen molar-refractivity contribution >= 4 is 17.6 Å². The summed E-state index contributed by atoms with van der Waals surface area (Å²) in [5, 5.41) is 11.5. The van der Waals surface area contributed by atoms with E-state index in [-0.39, 0.29) is 18.2 Å². The van der Waals surface area contributed by atoms with E-state index in [1.807, 2.05) is 0 Å². The normalized spacial score (nSPS) is 25.7. The van der Waals surface area contributed by atoms with E-state index in [4.69, 9.17) is 19.3 Å². The Labute approximate surface area is 144 Å². The number of carboxylic acid groups (broad SMARTS) is 1. The van der Waals surface area contributed by atoms with Crippen molar-refractivity contribution in [2.24, 2.45) is 0 Å². The van der Waals surface area contributed by atoms with Crippen molar-refractivity contribution < 1.29 is 33.3 Å². The van der Waals surface area contributed by atoms with E-state index in [2.05, 4.69) is 5.32 Å². The minimum Gasteiger partial charge on any atom is -0.489 e. The molecule has 2 fully saturated rings. The van der Waals surface area contributed by atoms with Gasteiger partial charge in [0.1, 0.15) is 24.3 Å². The van der Waals surface area contributed by atoms with Crippen LogP contribution in [0.4, 0.5) is 10.1 Å². The third-order valence-electron chi connectivity index (χ3n) is 4.24. The van der Waals surface area contributed by atoms with Crippen LogP contribution < -0.4 is 10.1 Å². The molecule has 2 heterocycles. The van der Waals surface area contributed by atoms with Gasteiger partial charge in [0, 0.05) is 12.7 Å². The first-order valence-corrected chi connectivity index (χ1v) is 8.26. The predicted molar refractivity (Wildman–Crippen MR) is 85.0 cm³/mol. The third kappa shape index (κ3) is 4.46. The standard InChI is InChI=1S/C17H20FNO6/c18-10-3-4-13(24-9-11-2-1-7-23-11)12(8-10)19-16(20)14-5-6-15(25-14)17(21)22/h3-4,8,11,14-15H,1-2,5-7,9H2,(H,19,20)(H,21,22)/t11?,14-,15+/m0/s1. The number of nitrogens with one attached hydrogen (secondary N) is 1. The second-order valence-electron chi connectivity index (χ2n) is 6.10. The lowest BCUT2D eigenvalue weighted by Crippen LogP contribution is -2.30. The van der Waals surface area contributed by atoms with E-state index < -0.39 is 29.9 Å². The molecule has 3 atom stereocenters. The molecule has 2 aliphatic rings. The van der Waals surface area contributed by atoms with Gasteiger partial charge in [-0.05, 0) is 37.8 Å². The number of ether oxygens (including phenoxy) is 3. The minimum atomic E-state index is -1.10. The second kappa shape index (κ2) is 7.79. The zero-order valence-electron chi connectivity index (χ0n) is 13.6. The molecule has 136 valence electrons. The Kier molecular flexibility index (Phi) is 5.50. The minimum absolute atomic E-state index is 0.0110. The maximum atomic E-state index is 13.5. The van der Waals surface area contributed by atoms with Crippen LogP contribution in [0.5, 0.6) is 5.75 Å². The van der Waals surface area contributed by atoms with Crippen LogP contribution in [0.15, 0.2) is 18.2 Å². The number of benzene rings is 1. The van der Waals surface area contributed by atoms with Gasteiger partial charge in [-0.15, -0.1) is 0 Å². The number of aliphatic carboxylic acids is 1. The monoisotopic (exact) mass is 353 g/mol. The highest BCUT2D eigenvalue weighted by Gasteiger charge is 2.35. The number of halogens is 1. The van der Waals surface area contributed by atoms with Crippen molar-refractivity contribution in [2.45, 2.75) is 44.0 Å². The molecule has 7 nitrogen and oxygen atoms in total. The number of hydrogen-bond donors (Lipinski definition) is 2. The molecule has 0 spiro atoms. The van der Waals surface area contributed by atoms with Gasteiger partial charge in [0.05, 0.1) is 11.8 Å². The van der Waals surface area contributed by atoms with Gasteiger partial charge in [-0.25, -0.2) is 9.18 Å². The van der Waals surface area contributed by atoms with Gasteiger partial charge < -0.3 is 24.6 Å². The van der Waals surface area contributed by atoms with Gasteiger partial charge in [-0.3, -0.25) is 4.79 Å². The number of carboxylic acids is 1. The van der Waals surface area contributed by atoms with Crippen LogP contribution in [-0.2, 0) is 19.1 Å². The summed E-state index contributed by atoms with van der Waals surface area (Å²) in [5.74, 6) is -1.80. The highest BCUT2D eigenvalue weighted by atomic mass is 19.1. The van der Waals surface area contributed by atoms with E-state index in [1.54, 1.807) is 0 Å². The summed E-state index contributed by atoms with van der Waals surface area (Å²) < 4.78 is 29.9. The Hall–Kier alpha value is -2.19. The van der Waals surface area contributed by atoms with Crippen LogP contribution in [0.1, 0.15) is 25.7 Å². The molecule has 2 N–H and O–H groups in total. The van der Waals surface area contributed by atoms with E-state index in [0.717, 1.165) is 18.9 Å². The van der Waals surface area contributed by atoms with Crippen molar-refractivity contribution in [3.8, 4) is 5.75 Å². The van der Waals surface area contributed by atoms with Crippen molar-refractivity contribution in [2.75, 3.05) is 18.5 Å². The van der Waals surface area contributed by atoms with Crippen molar-refractivity contribution in [1.82, 2.24) is 0 Å². The molecule has 0 radical (unpaired) electrons. The Bertz CT molecular complexity index is 646. The van der Waals surface area contributed by atoms with Crippen LogP contribution in [0.25, 0.3) is 0 Å². The van der Waals surface area contributed by atoms with E-state index in [9.17, 15) is 14.0 Å². The molecule has 1 aromatic rings. The lowest BCUT2D eigenvalue weighted by Gasteiger charge is -2.17. The molecule has 25 heavy (non-hydrogen) atoms. The zero-order chi connectivity index (χ0) is 17.8. The van der Waals surface area contributed by atoms with Crippen LogP contribution in [0.2, 0.25) is 0 Å². The lowest BCUT2D eigenvalue weighted by atomic mass is 10.2. The Balaban J connectivity index is 1.63. The topological polar surface area (TPSA) is 94.1 Å². The first kappa shape index (κ1) is 17.6. The van der Waals surface area contributed by atoms with Gasteiger partial charge in [0.2, 0.25) is 0 Å². The van der Waals surface area contributed by atoms with Crippen LogP contribution >= 0.6 is 0 Å². The lowest BCUT2D eigenvalue weighted by molar-refractivity contribution is -0.150. The smallest absolute Gasteiger partial charge is 0.332 e. The zero-order valence-corrected chi connectivity index (χ0v) is 13.6. The predicted octanol–water partition coefficient (Wildman–Crippen LogP) is 1.95. The molecule has 1 aromatic carbocycles. The summed E-state index contributed by atoms with van der Waals surface area (Å²) in [6.07, 6.45) is 0.556. The van der Waals surface area contributed by atoms with Crippen molar-refractivity contribution in [3.63, 3.8) is 0 Å². The number of rotatable bonds is 6. The number of amides is 1. The second-order valence-corrected chi connectivity index (χ2v) is 6.10. The fraction of sp³-hybridized carbons (Fsp3) is 0.529.